The molecule has 0 aliphatic heterocycles. The fourth-order valence-corrected chi connectivity index (χ4v) is 0.971. The van der Waals surface area contributed by atoms with Gasteiger partial charge in [-0.05, 0) is 0 Å². The highest BCUT2D eigenvalue weighted by Crippen LogP contribution is 2.25. The Balaban J connectivity index is 3.01. The van der Waals surface area contributed by atoms with Gasteiger partial charge in [0, 0.05) is 30.0 Å². The minimum absolute atomic E-state index is 0.706. The van der Waals surface area contributed by atoms with Crippen molar-refractivity contribution in [1.29, 1.82) is 0 Å². The van der Waals surface area contributed by atoms with E-state index in [0.29, 0.717) is 11.5 Å². The van der Waals surface area contributed by atoms with E-state index in [0.717, 1.165) is 5.69 Å². The Kier molecular flexibility index (Phi) is 3.05. The van der Waals surface area contributed by atoms with Gasteiger partial charge in [0.1, 0.15) is 11.5 Å². The lowest BCUT2D eigenvalue weighted by molar-refractivity contribution is 0.395. The summed E-state index contributed by atoms with van der Waals surface area (Å²) in [6, 6.07) is 5.32. The van der Waals surface area contributed by atoms with Crippen molar-refractivity contribution in [2.24, 2.45) is 0 Å². The van der Waals surface area contributed by atoms with Crippen LogP contribution in [0.15, 0.2) is 18.2 Å². The van der Waals surface area contributed by atoms with Crippen molar-refractivity contribution in [3.63, 3.8) is 0 Å². The van der Waals surface area contributed by atoms with Crippen LogP contribution in [0.5, 0.6) is 11.5 Å². The Hall–Kier alpha value is -1.09. The van der Waals surface area contributed by atoms with Crippen molar-refractivity contribution in [2.75, 3.05) is 19.1 Å². The average molecular weight is 188 g/mol. The van der Waals surface area contributed by atoms with E-state index in [1.807, 2.05) is 0 Å². The van der Waals surface area contributed by atoms with Crippen molar-refractivity contribution in [1.82, 2.24) is 0 Å². The number of rotatable bonds is 3. The lowest BCUT2D eigenvalue weighted by Gasteiger charge is -2.06. The number of hydrogen-bond donors (Lipinski definition) is 1. The molecular weight excluding hydrogens is 178 g/mol. The summed E-state index contributed by atoms with van der Waals surface area (Å²) >= 11 is 5.42. The molecule has 0 aliphatic carbocycles. The minimum Gasteiger partial charge on any atom is -0.497 e. The molecule has 4 heteroatoms. The van der Waals surface area contributed by atoms with E-state index in [9.17, 15) is 0 Å². The second kappa shape index (κ2) is 4.07. The molecule has 0 atom stereocenters. The second-order valence-corrected chi connectivity index (χ2v) is 2.38. The summed E-state index contributed by atoms with van der Waals surface area (Å²) in [5.74, 6) is 1.41. The Morgan fingerprint density at radius 3 is 1.92 bits per heavy atom. The van der Waals surface area contributed by atoms with Crippen molar-refractivity contribution in [3.05, 3.63) is 18.2 Å². The monoisotopic (exact) mass is 187 g/mol. The first kappa shape index (κ1) is 9.00. The van der Waals surface area contributed by atoms with E-state index in [1.54, 1.807) is 32.4 Å². The van der Waals surface area contributed by atoms with Crippen molar-refractivity contribution in [2.45, 2.75) is 0 Å². The van der Waals surface area contributed by atoms with E-state index >= 15 is 0 Å². The van der Waals surface area contributed by atoms with E-state index < -0.39 is 0 Å². The van der Waals surface area contributed by atoms with Crippen LogP contribution in [-0.2, 0) is 0 Å². The molecular formula is C8H10ClNO2. The molecule has 3 nitrogen and oxygen atoms in total. The molecule has 1 N–H and O–H groups in total. The molecule has 0 amide bonds. The molecule has 1 aromatic carbocycles. The maximum atomic E-state index is 5.42. The zero-order chi connectivity index (χ0) is 8.97. The molecule has 12 heavy (non-hydrogen) atoms. The summed E-state index contributed by atoms with van der Waals surface area (Å²) in [4.78, 5) is 2.49. The fourth-order valence-electron chi connectivity index (χ4n) is 0.862. The highest BCUT2D eigenvalue weighted by atomic mass is 35.5. The maximum Gasteiger partial charge on any atom is 0.124 e. The molecule has 0 aromatic heterocycles. The van der Waals surface area contributed by atoms with Gasteiger partial charge in [-0.25, -0.2) is 0 Å². The van der Waals surface area contributed by atoms with E-state index in [4.69, 9.17) is 21.3 Å². The number of halogens is 1. The molecule has 0 aliphatic rings. The molecule has 0 saturated heterocycles. The molecule has 66 valence electrons. The van der Waals surface area contributed by atoms with Crippen LogP contribution in [0.3, 0.4) is 0 Å². The topological polar surface area (TPSA) is 30.5 Å². The van der Waals surface area contributed by atoms with Gasteiger partial charge in [0.25, 0.3) is 0 Å². The predicted octanol–water partition coefficient (Wildman–Crippen LogP) is 2.27. The summed E-state index contributed by atoms with van der Waals surface area (Å²) in [6.45, 7) is 0. The predicted molar refractivity (Wildman–Crippen MR) is 49.0 cm³/mol. The molecule has 0 radical (unpaired) electrons. The largest absolute Gasteiger partial charge is 0.497 e. The van der Waals surface area contributed by atoms with Gasteiger partial charge in [-0.1, -0.05) is 0 Å². The van der Waals surface area contributed by atoms with Crippen LogP contribution in [-0.4, -0.2) is 14.2 Å². The molecule has 0 spiro atoms. The third kappa shape index (κ3) is 1.95. The second-order valence-electron chi connectivity index (χ2n) is 2.20. The van der Waals surface area contributed by atoms with E-state index in [2.05, 4.69) is 4.84 Å². The molecule has 0 unspecified atom stereocenters. The first-order valence-electron chi connectivity index (χ1n) is 3.40. The SMILES string of the molecule is COc1cc(NCl)cc(OC)c1. The van der Waals surface area contributed by atoms with Crippen molar-refractivity contribution >= 4 is 17.5 Å². The number of nitrogens with one attached hydrogen (secondary N) is 1. The molecule has 0 bridgehead atoms. The molecule has 1 aromatic rings. The fraction of sp³-hybridized carbons (Fsp3) is 0.250. The normalized spacial score (nSPS) is 9.25. The molecule has 0 fully saturated rings. The highest BCUT2D eigenvalue weighted by molar-refractivity contribution is 6.24. The first-order chi connectivity index (χ1) is 5.80. The number of methoxy groups -OCH3 is 2. The Labute approximate surface area is 76.4 Å². The van der Waals surface area contributed by atoms with E-state index in [-0.39, 0.29) is 0 Å². The van der Waals surface area contributed by atoms with Crippen LogP contribution in [0.25, 0.3) is 0 Å². The van der Waals surface area contributed by atoms with E-state index in [1.165, 1.54) is 0 Å². The summed E-state index contributed by atoms with van der Waals surface area (Å²) in [5, 5.41) is 0. The Morgan fingerprint density at radius 2 is 1.58 bits per heavy atom. The third-order valence-corrected chi connectivity index (χ3v) is 1.68. The highest BCUT2D eigenvalue weighted by Gasteiger charge is 1.99. The van der Waals surface area contributed by atoms with Crippen LogP contribution in [0, 0.1) is 0 Å². The first-order valence-corrected chi connectivity index (χ1v) is 3.77. The Bertz CT molecular complexity index is 210. The van der Waals surface area contributed by atoms with Gasteiger partial charge >= 0.3 is 0 Å². The lowest BCUT2D eigenvalue weighted by Crippen LogP contribution is -1.89. The third-order valence-electron chi connectivity index (χ3n) is 1.46. The lowest BCUT2D eigenvalue weighted by atomic mass is 10.3. The zero-order valence-corrected chi connectivity index (χ0v) is 7.68. The number of anilines is 1. The smallest absolute Gasteiger partial charge is 0.124 e. The van der Waals surface area contributed by atoms with Crippen LogP contribution in [0.2, 0.25) is 0 Å². The Morgan fingerprint density at radius 1 is 1.08 bits per heavy atom. The van der Waals surface area contributed by atoms with Gasteiger partial charge in [-0.15, -0.1) is 0 Å². The molecule has 1 rings (SSSR count). The number of benzene rings is 1. The van der Waals surface area contributed by atoms with Crippen molar-refractivity contribution in [3.8, 4) is 11.5 Å². The quantitative estimate of drug-likeness (QED) is 0.737. The molecule has 0 saturated carbocycles. The van der Waals surface area contributed by atoms with Gasteiger partial charge in [0.15, 0.2) is 0 Å². The molecule has 0 heterocycles. The van der Waals surface area contributed by atoms with Crippen LogP contribution in [0.4, 0.5) is 5.69 Å². The van der Waals surface area contributed by atoms with Gasteiger partial charge < -0.3 is 9.47 Å². The van der Waals surface area contributed by atoms with Gasteiger partial charge in [0.05, 0.1) is 19.9 Å². The summed E-state index contributed by atoms with van der Waals surface area (Å²) in [6.07, 6.45) is 0. The van der Waals surface area contributed by atoms with Crippen LogP contribution >= 0.6 is 11.8 Å². The van der Waals surface area contributed by atoms with Crippen LogP contribution in [0.1, 0.15) is 0 Å². The summed E-state index contributed by atoms with van der Waals surface area (Å²) in [5.41, 5.74) is 0.743. The average Bonchev–Trinajstić information content (AvgIpc) is 2.16. The van der Waals surface area contributed by atoms with Gasteiger partial charge in [-0.3, -0.25) is 4.84 Å². The van der Waals surface area contributed by atoms with Gasteiger partial charge in [0.2, 0.25) is 0 Å². The van der Waals surface area contributed by atoms with Gasteiger partial charge in [-0.2, -0.15) is 0 Å². The maximum absolute atomic E-state index is 5.42. The number of ether oxygens (including phenoxy) is 2. The number of hydrogen-bond acceptors (Lipinski definition) is 3. The standard InChI is InChI=1S/C8H10ClNO2/c1-11-7-3-6(10-9)4-8(5-7)12-2/h3-5,10H,1-2H3. The summed E-state index contributed by atoms with van der Waals surface area (Å²) < 4.78 is 10.0. The summed E-state index contributed by atoms with van der Waals surface area (Å²) in [7, 11) is 3.18. The van der Waals surface area contributed by atoms with Crippen LogP contribution < -0.4 is 14.3 Å². The zero-order valence-electron chi connectivity index (χ0n) is 6.93. The minimum atomic E-state index is 0.706. The van der Waals surface area contributed by atoms with Crippen molar-refractivity contribution < 1.29 is 9.47 Å².